The fourth-order valence-corrected chi connectivity index (χ4v) is 2.19. The summed E-state index contributed by atoms with van der Waals surface area (Å²) >= 11 is 6.01. The third-order valence-electron chi connectivity index (χ3n) is 3.10. The highest BCUT2D eigenvalue weighted by Crippen LogP contribution is 2.27. The zero-order valence-corrected chi connectivity index (χ0v) is 12.0. The van der Waals surface area contributed by atoms with Crippen LogP contribution in [0.4, 0.5) is 4.39 Å². The maximum absolute atomic E-state index is 13.2. The molecule has 0 aromatic heterocycles. The highest BCUT2D eigenvalue weighted by molar-refractivity contribution is 6.30. The summed E-state index contributed by atoms with van der Waals surface area (Å²) in [7, 11) is 0. The van der Waals surface area contributed by atoms with Gasteiger partial charge in [-0.25, -0.2) is 4.39 Å². The highest BCUT2D eigenvalue weighted by Gasteiger charge is 2.21. The van der Waals surface area contributed by atoms with E-state index in [1.54, 1.807) is 18.2 Å². The van der Waals surface area contributed by atoms with Crippen molar-refractivity contribution in [3.63, 3.8) is 0 Å². The van der Waals surface area contributed by atoms with Crippen LogP contribution in [0.3, 0.4) is 0 Å². The summed E-state index contributed by atoms with van der Waals surface area (Å²) in [5.41, 5.74) is 7.01. The Hall–Kier alpha value is -1.58. The molecule has 2 aromatic rings. The van der Waals surface area contributed by atoms with Gasteiger partial charge in [-0.2, -0.15) is 0 Å². The lowest BCUT2D eigenvalue weighted by Gasteiger charge is -2.25. The second-order valence-electron chi connectivity index (χ2n) is 4.62. The minimum Gasteiger partial charge on any atom is -0.484 e. The van der Waals surface area contributed by atoms with Gasteiger partial charge in [0, 0.05) is 17.1 Å². The predicted molar refractivity (Wildman–Crippen MR) is 79.5 cm³/mol. The Bertz CT molecular complexity index is 576. The van der Waals surface area contributed by atoms with Crippen molar-refractivity contribution in [3.8, 4) is 5.75 Å². The van der Waals surface area contributed by atoms with Crippen molar-refractivity contribution in [3.05, 3.63) is 64.9 Å². The summed E-state index contributed by atoms with van der Waals surface area (Å²) in [5, 5.41) is 0.624. The van der Waals surface area contributed by atoms with Crippen molar-refractivity contribution in [2.45, 2.75) is 25.5 Å². The molecule has 2 nitrogen and oxygen atoms in total. The van der Waals surface area contributed by atoms with Crippen LogP contribution >= 0.6 is 11.6 Å². The van der Waals surface area contributed by atoms with Crippen LogP contribution in [0.5, 0.6) is 5.75 Å². The van der Waals surface area contributed by atoms with Gasteiger partial charge in [0.05, 0.1) is 0 Å². The molecule has 0 radical (unpaired) electrons. The number of nitrogens with two attached hydrogens (primary N) is 1. The van der Waals surface area contributed by atoms with Gasteiger partial charge in [-0.1, -0.05) is 36.7 Å². The van der Waals surface area contributed by atoms with E-state index in [0.29, 0.717) is 10.8 Å². The Morgan fingerprint density at radius 1 is 1.20 bits per heavy atom. The van der Waals surface area contributed by atoms with Crippen LogP contribution < -0.4 is 10.5 Å². The summed E-state index contributed by atoms with van der Waals surface area (Å²) in [6.45, 7) is 1.98. The van der Waals surface area contributed by atoms with Crippen molar-refractivity contribution in [1.82, 2.24) is 0 Å². The lowest BCUT2D eigenvalue weighted by atomic mass is 10.0. The topological polar surface area (TPSA) is 35.2 Å². The molecular formula is C16H17ClFNO. The molecule has 2 rings (SSSR count). The smallest absolute Gasteiger partial charge is 0.139 e. The fourth-order valence-electron chi connectivity index (χ4n) is 1.99. The average molecular weight is 294 g/mol. The number of benzene rings is 2. The largest absolute Gasteiger partial charge is 0.484 e. The quantitative estimate of drug-likeness (QED) is 0.890. The molecule has 0 saturated heterocycles. The molecule has 2 aromatic carbocycles. The van der Waals surface area contributed by atoms with E-state index in [1.165, 1.54) is 12.1 Å². The Kier molecular flexibility index (Phi) is 4.99. The monoisotopic (exact) mass is 293 g/mol. The maximum Gasteiger partial charge on any atom is 0.139 e. The van der Waals surface area contributed by atoms with Gasteiger partial charge in [-0.3, -0.25) is 0 Å². The zero-order chi connectivity index (χ0) is 14.5. The molecular weight excluding hydrogens is 277 g/mol. The van der Waals surface area contributed by atoms with Gasteiger partial charge in [0.15, 0.2) is 0 Å². The summed E-state index contributed by atoms with van der Waals surface area (Å²) in [5.74, 6) is 0.122. The highest BCUT2D eigenvalue weighted by atomic mass is 35.5. The van der Waals surface area contributed by atoms with Crippen molar-refractivity contribution in [1.29, 1.82) is 0 Å². The Balaban J connectivity index is 2.29. The second-order valence-corrected chi connectivity index (χ2v) is 5.06. The van der Waals surface area contributed by atoms with Crippen molar-refractivity contribution in [2.75, 3.05) is 0 Å². The minimum absolute atomic E-state index is 0.197. The van der Waals surface area contributed by atoms with Crippen LogP contribution in [0, 0.1) is 5.82 Å². The van der Waals surface area contributed by atoms with E-state index in [1.807, 2.05) is 25.1 Å². The predicted octanol–water partition coefficient (Wildman–Crippen LogP) is 4.34. The van der Waals surface area contributed by atoms with Crippen molar-refractivity contribution < 1.29 is 9.13 Å². The van der Waals surface area contributed by atoms with E-state index in [4.69, 9.17) is 22.1 Å². The number of halogens is 2. The van der Waals surface area contributed by atoms with Crippen molar-refractivity contribution >= 4 is 11.6 Å². The zero-order valence-electron chi connectivity index (χ0n) is 11.2. The van der Waals surface area contributed by atoms with Gasteiger partial charge < -0.3 is 10.5 Å². The maximum atomic E-state index is 13.2. The molecule has 2 atom stereocenters. The van der Waals surface area contributed by atoms with Crippen LogP contribution in [-0.4, -0.2) is 6.04 Å². The summed E-state index contributed by atoms with van der Waals surface area (Å²) in [6.07, 6.45) is 0.382. The third kappa shape index (κ3) is 3.71. The van der Waals surface area contributed by atoms with Gasteiger partial charge in [0.2, 0.25) is 0 Å². The Morgan fingerprint density at radius 2 is 1.95 bits per heavy atom. The normalized spacial score (nSPS) is 13.8. The molecule has 0 amide bonds. The van der Waals surface area contributed by atoms with Gasteiger partial charge >= 0.3 is 0 Å². The fraction of sp³-hybridized carbons (Fsp3) is 0.250. The molecule has 0 aliphatic heterocycles. The molecule has 20 heavy (non-hydrogen) atoms. The standard InChI is InChI=1S/C16H17ClFNO/c1-2-15(19)16(11-5-3-6-12(17)9-11)20-14-8-4-7-13(18)10-14/h3-10,15-16H,2,19H2,1H3. The van der Waals surface area contributed by atoms with E-state index >= 15 is 0 Å². The molecule has 2 unspecified atom stereocenters. The van der Waals surface area contributed by atoms with Gasteiger partial charge in [0.1, 0.15) is 17.7 Å². The SMILES string of the molecule is CCC(N)C(Oc1cccc(F)c1)c1cccc(Cl)c1. The van der Waals surface area contributed by atoms with Crippen LogP contribution in [-0.2, 0) is 0 Å². The first-order valence-corrected chi connectivity index (χ1v) is 6.91. The molecule has 4 heteroatoms. The minimum atomic E-state index is -0.361. The Morgan fingerprint density at radius 3 is 2.60 bits per heavy atom. The molecule has 2 N–H and O–H groups in total. The first kappa shape index (κ1) is 14.8. The molecule has 106 valence electrons. The van der Waals surface area contributed by atoms with E-state index in [-0.39, 0.29) is 18.0 Å². The first-order valence-electron chi connectivity index (χ1n) is 6.53. The summed E-state index contributed by atoms with van der Waals surface area (Å²) in [6, 6.07) is 13.2. The molecule has 0 aliphatic carbocycles. The number of ether oxygens (including phenoxy) is 1. The molecule has 0 saturated carbocycles. The van der Waals surface area contributed by atoms with Gasteiger partial charge in [-0.15, -0.1) is 0 Å². The number of hydrogen-bond donors (Lipinski definition) is 1. The Labute approximate surface area is 123 Å². The summed E-state index contributed by atoms with van der Waals surface area (Å²) in [4.78, 5) is 0. The molecule has 0 aliphatic rings. The first-order chi connectivity index (χ1) is 9.60. The lowest BCUT2D eigenvalue weighted by Crippen LogP contribution is -2.31. The lowest BCUT2D eigenvalue weighted by molar-refractivity contribution is 0.170. The third-order valence-corrected chi connectivity index (χ3v) is 3.33. The molecule has 0 spiro atoms. The van der Waals surface area contributed by atoms with E-state index in [2.05, 4.69) is 0 Å². The number of hydrogen-bond acceptors (Lipinski definition) is 2. The van der Waals surface area contributed by atoms with Crippen LogP contribution in [0.15, 0.2) is 48.5 Å². The molecule has 0 heterocycles. The van der Waals surface area contributed by atoms with E-state index < -0.39 is 0 Å². The van der Waals surface area contributed by atoms with E-state index in [0.717, 1.165) is 12.0 Å². The van der Waals surface area contributed by atoms with Crippen LogP contribution in [0.25, 0.3) is 0 Å². The summed E-state index contributed by atoms with van der Waals surface area (Å²) < 4.78 is 19.1. The molecule has 0 fully saturated rings. The molecule has 0 bridgehead atoms. The van der Waals surface area contributed by atoms with E-state index in [9.17, 15) is 4.39 Å². The van der Waals surface area contributed by atoms with Gasteiger partial charge in [-0.05, 0) is 36.2 Å². The van der Waals surface area contributed by atoms with Crippen LogP contribution in [0.1, 0.15) is 25.0 Å². The number of rotatable bonds is 5. The van der Waals surface area contributed by atoms with Crippen LogP contribution in [0.2, 0.25) is 5.02 Å². The van der Waals surface area contributed by atoms with Gasteiger partial charge in [0.25, 0.3) is 0 Å². The van der Waals surface area contributed by atoms with Crippen molar-refractivity contribution in [2.24, 2.45) is 5.73 Å². The second kappa shape index (κ2) is 6.73. The average Bonchev–Trinajstić information content (AvgIpc) is 2.44.